The maximum Gasteiger partial charge on any atom is 0.295 e. The van der Waals surface area contributed by atoms with Crippen LogP contribution in [-0.2, 0) is 14.3 Å². The van der Waals surface area contributed by atoms with E-state index >= 15 is 0 Å². The summed E-state index contributed by atoms with van der Waals surface area (Å²) >= 11 is 0. The van der Waals surface area contributed by atoms with Crippen molar-refractivity contribution in [3.63, 3.8) is 0 Å². The molecule has 1 fully saturated rings. The number of ketones is 1. The van der Waals surface area contributed by atoms with Crippen LogP contribution in [0.25, 0.3) is 5.76 Å². The van der Waals surface area contributed by atoms with Crippen molar-refractivity contribution >= 4 is 17.4 Å². The third kappa shape index (κ3) is 3.99. The van der Waals surface area contributed by atoms with Crippen molar-refractivity contribution in [3.05, 3.63) is 59.4 Å². The Morgan fingerprint density at radius 3 is 2.53 bits per heavy atom. The van der Waals surface area contributed by atoms with Gasteiger partial charge in [0.15, 0.2) is 11.5 Å². The lowest BCUT2D eigenvalue weighted by molar-refractivity contribution is -0.140. The number of aliphatic hydroxyl groups excluding tert-OH is 1. The van der Waals surface area contributed by atoms with Crippen LogP contribution in [0.5, 0.6) is 11.5 Å². The number of Topliss-reactive ketones (excluding diaryl/α,β-unsaturated/α-hetero) is 1. The Balaban J connectivity index is 2.12. The van der Waals surface area contributed by atoms with E-state index in [-0.39, 0.29) is 11.3 Å². The molecule has 1 aromatic heterocycles. The monoisotopic (exact) mass is 412 g/mol. The van der Waals surface area contributed by atoms with Gasteiger partial charge >= 0.3 is 0 Å². The molecule has 3 rings (SSSR count). The van der Waals surface area contributed by atoms with Crippen LogP contribution in [0.1, 0.15) is 23.6 Å². The molecule has 0 aliphatic carbocycles. The molecule has 1 N–H and O–H groups in total. The molecule has 1 aliphatic rings. The number of aliphatic hydroxyl groups is 1. The molecule has 0 bridgehead atoms. The van der Waals surface area contributed by atoms with Crippen LogP contribution in [-0.4, -0.2) is 61.2 Å². The van der Waals surface area contributed by atoms with Gasteiger partial charge in [0.1, 0.15) is 5.76 Å². The molecule has 0 spiro atoms. The fraction of sp³-hybridized carbons (Fsp3) is 0.318. The average molecular weight is 412 g/mol. The quantitative estimate of drug-likeness (QED) is 0.308. The van der Waals surface area contributed by atoms with Crippen molar-refractivity contribution in [2.24, 2.45) is 0 Å². The van der Waals surface area contributed by atoms with Gasteiger partial charge in [-0.05, 0) is 36.2 Å². The lowest BCUT2D eigenvalue weighted by Gasteiger charge is -2.25. The summed E-state index contributed by atoms with van der Waals surface area (Å²) in [7, 11) is 4.56. The molecule has 8 nitrogen and oxygen atoms in total. The highest BCUT2D eigenvalue weighted by atomic mass is 16.5. The van der Waals surface area contributed by atoms with E-state index < -0.39 is 17.7 Å². The minimum Gasteiger partial charge on any atom is -0.507 e. The summed E-state index contributed by atoms with van der Waals surface area (Å²) in [6.07, 6.45) is 3.74. The molecule has 1 aliphatic heterocycles. The SMILES string of the molecule is COCCCN1C(=O)C(=O)/C(=C(\O)c2ccc(OC)c(OC)c2)C1c1cccnc1. The van der Waals surface area contributed by atoms with Gasteiger partial charge in [0.05, 0.1) is 25.8 Å². The first-order valence-corrected chi connectivity index (χ1v) is 9.43. The smallest absolute Gasteiger partial charge is 0.295 e. The number of pyridine rings is 1. The summed E-state index contributed by atoms with van der Waals surface area (Å²) in [4.78, 5) is 31.2. The van der Waals surface area contributed by atoms with Crippen molar-refractivity contribution in [1.82, 2.24) is 9.88 Å². The van der Waals surface area contributed by atoms with Crippen molar-refractivity contribution < 1.29 is 28.9 Å². The van der Waals surface area contributed by atoms with E-state index in [4.69, 9.17) is 14.2 Å². The second kappa shape index (κ2) is 9.41. The van der Waals surface area contributed by atoms with Crippen LogP contribution in [0.15, 0.2) is 48.3 Å². The highest BCUT2D eigenvalue weighted by Crippen LogP contribution is 2.40. The number of rotatable bonds is 8. The maximum atomic E-state index is 12.9. The van der Waals surface area contributed by atoms with Crippen LogP contribution in [0.4, 0.5) is 0 Å². The Bertz CT molecular complexity index is 957. The normalized spacial score (nSPS) is 18.0. The summed E-state index contributed by atoms with van der Waals surface area (Å²) in [6, 6.07) is 7.54. The fourth-order valence-corrected chi connectivity index (χ4v) is 3.51. The number of nitrogens with zero attached hydrogens (tertiary/aromatic N) is 2. The number of carbonyl (C=O) groups excluding carboxylic acids is 2. The largest absolute Gasteiger partial charge is 0.507 e. The van der Waals surface area contributed by atoms with Gasteiger partial charge in [-0.3, -0.25) is 14.6 Å². The summed E-state index contributed by atoms with van der Waals surface area (Å²) < 4.78 is 15.6. The molecule has 158 valence electrons. The van der Waals surface area contributed by atoms with E-state index in [1.54, 1.807) is 49.8 Å². The van der Waals surface area contributed by atoms with Crippen LogP contribution < -0.4 is 9.47 Å². The number of likely N-dealkylation sites (tertiary alicyclic amines) is 1. The van der Waals surface area contributed by atoms with Crippen molar-refractivity contribution in [2.45, 2.75) is 12.5 Å². The number of benzene rings is 1. The lowest BCUT2D eigenvalue weighted by Crippen LogP contribution is -2.31. The van der Waals surface area contributed by atoms with Gasteiger partial charge in [-0.15, -0.1) is 0 Å². The van der Waals surface area contributed by atoms with E-state index in [9.17, 15) is 14.7 Å². The number of carbonyl (C=O) groups is 2. The van der Waals surface area contributed by atoms with Crippen molar-refractivity contribution in [2.75, 3.05) is 34.5 Å². The fourth-order valence-electron chi connectivity index (χ4n) is 3.51. The number of ether oxygens (including phenoxy) is 3. The highest BCUT2D eigenvalue weighted by molar-refractivity contribution is 6.46. The Morgan fingerprint density at radius 2 is 1.90 bits per heavy atom. The Morgan fingerprint density at radius 1 is 1.13 bits per heavy atom. The summed E-state index contributed by atoms with van der Waals surface area (Å²) in [5.41, 5.74) is 0.991. The van der Waals surface area contributed by atoms with Gasteiger partial charge in [-0.25, -0.2) is 0 Å². The predicted octanol–water partition coefficient (Wildman–Crippen LogP) is 2.56. The number of aromatic nitrogens is 1. The van der Waals surface area contributed by atoms with E-state index in [2.05, 4.69) is 4.98 Å². The highest BCUT2D eigenvalue weighted by Gasteiger charge is 2.45. The van der Waals surface area contributed by atoms with E-state index in [0.29, 0.717) is 42.2 Å². The molecule has 0 radical (unpaired) electrons. The van der Waals surface area contributed by atoms with Gasteiger partial charge in [0, 0.05) is 38.2 Å². The Labute approximate surface area is 174 Å². The number of amides is 1. The molecule has 2 aromatic rings. The topological polar surface area (TPSA) is 98.2 Å². The summed E-state index contributed by atoms with van der Waals surface area (Å²) in [6.45, 7) is 0.749. The molecule has 2 heterocycles. The standard InChI is InChI=1S/C22H24N2O6/c1-28-11-5-10-24-19(15-6-4-9-23-13-15)18(21(26)22(24)27)20(25)14-7-8-16(29-2)17(12-14)30-3/h4,6-9,12-13,19,25H,5,10-11H2,1-3H3/b20-18-. The van der Waals surface area contributed by atoms with Gasteiger partial charge in [0.2, 0.25) is 0 Å². The predicted molar refractivity (Wildman–Crippen MR) is 109 cm³/mol. The molecule has 1 atom stereocenters. The maximum absolute atomic E-state index is 12.9. The molecule has 1 aromatic carbocycles. The minimum atomic E-state index is -0.747. The van der Waals surface area contributed by atoms with Gasteiger partial charge in [-0.1, -0.05) is 6.07 Å². The molecular weight excluding hydrogens is 388 g/mol. The zero-order valence-electron chi connectivity index (χ0n) is 17.1. The molecule has 0 saturated carbocycles. The zero-order valence-corrected chi connectivity index (χ0v) is 17.1. The zero-order chi connectivity index (χ0) is 21.7. The summed E-state index contributed by atoms with van der Waals surface area (Å²) in [5, 5.41) is 11.1. The van der Waals surface area contributed by atoms with Gasteiger partial charge in [-0.2, -0.15) is 0 Å². The van der Waals surface area contributed by atoms with Crippen LogP contribution in [0.3, 0.4) is 0 Å². The molecule has 1 amide bonds. The number of hydrogen-bond acceptors (Lipinski definition) is 7. The Kier molecular flexibility index (Phi) is 6.68. The minimum absolute atomic E-state index is 0.0117. The summed E-state index contributed by atoms with van der Waals surface area (Å²) in [5.74, 6) is -0.806. The molecule has 1 unspecified atom stereocenters. The first kappa shape index (κ1) is 21.3. The lowest BCUT2D eigenvalue weighted by atomic mass is 9.96. The number of methoxy groups -OCH3 is 3. The molecule has 30 heavy (non-hydrogen) atoms. The van der Waals surface area contributed by atoms with Crippen LogP contribution >= 0.6 is 0 Å². The molecule has 1 saturated heterocycles. The van der Waals surface area contributed by atoms with E-state index in [1.165, 1.54) is 19.1 Å². The second-order valence-corrected chi connectivity index (χ2v) is 6.69. The molecular formula is C22H24N2O6. The van der Waals surface area contributed by atoms with E-state index in [1.807, 2.05) is 0 Å². The van der Waals surface area contributed by atoms with Gasteiger partial charge < -0.3 is 24.2 Å². The van der Waals surface area contributed by atoms with Crippen LogP contribution in [0.2, 0.25) is 0 Å². The first-order chi connectivity index (χ1) is 14.5. The van der Waals surface area contributed by atoms with Crippen molar-refractivity contribution in [3.8, 4) is 11.5 Å². The first-order valence-electron chi connectivity index (χ1n) is 9.43. The average Bonchev–Trinajstić information content (AvgIpc) is 3.03. The third-order valence-electron chi connectivity index (χ3n) is 4.94. The van der Waals surface area contributed by atoms with Crippen LogP contribution in [0, 0.1) is 0 Å². The van der Waals surface area contributed by atoms with E-state index in [0.717, 1.165) is 0 Å². The van der Waals surface area contributed by atoms with Crippen molar-refractivity contribution in [1.29, 1.82) is 0 Å². The van der Waals surface area contributed by atoms with Gasteiger partial charge in [0.25, 0.3) is 11.7 Å². The Hall–Kier alpha value is -3.39. The molecule has 8 heteroatoms. The number of hydrogen-bond donors (Lipinski definition) is 1. The third-order valence-corrected chi connectivity index (χ3v) is 4.94. The second-order valence-electron chi connectivity index (χ2n) is 6.69.